The Labute approximate surface area is 129 Å². The summed E-state index contributed by atoms with van der Waals surface area (Å²) >= 11 is 1.71. The van der Waals surface area contributed by atoms with E-state index in [0.29, 0.717) is 18.9 Å². The third-order valence-electron chi connectivity index (χ3n) is 3.92. The molecular weight excluding hydrogens is 292 g/mol. The van der Waals surface area contributed by atoms with Crippen molar-refractivity contribution in [2.45, 2.75) is 50.8 Å². The second-order valence-corrected chi connectivity index (χ2v) is 7.42. The van der Waals surface area contributed by atoms with Crippen LogP contribution >= 0.6 is 11.8 Å². The van der Waals surface area contributed by atoms with Gasteiger partial charge in [-0.05, 0) is 26.7 Å². The van der Waals surface area contributed by atoms with Gasteiger partial charge in [0.1, 0.15) is 0 Å². The molecule has 2 fully saturated rings. The molecule has 2 rings (SSSR count). The predicted molar refractivity (Wildman–Crippen MR) is 81.7 cm³/mol. The molecule has 2 saturated heterocycles. The number of nitrogens with one attached hydrogen (secondary N) is 1. The van der Waals surface area contributed by atoms with Crippen LogP contribution in [0.2, 0.25) is 0 Å². The molecule has 0 aromatic heterocycles. The minimum absolute atomic E-state index is 0.0136. The topological polar surface area (TPSA) is 78.9 Å². The standard InChI is InChI=1S/C14H24N2O4S/c1-14(2)8-10(3-5-20-14)15-13(19)16-4-6-21-9-11(16)7-12(17)18/h10-11H,3-9H2,1-2H3,(H,15,19)(H,17,18). The maximum absolute atomic E-state index is 12.4. The number of carboxylic acids is 1. The number of carboxylic acid groups (broad SMARTS) is 1. The molecule has 0 aliphatic carbocycles. The Kier molecular flexibility index (Phi) is 5.37. The number of carbonyl (C=O) groups is 2. The zero-order valence-electron chi connectivity index (χ0n) is 12.6. The maximum Gasteiger partial charge on any atom is 0.317 e. The van der Waals surface area contributed by atoms with Crippen LogP contribution in [0.25, 0.3) is 0 Å². The quantitative estimate of drug-likeness (QED) is 0.826. The van der Waals surface area contributed by atoms with Crippen LogP contribution in [0, 0.1) is 0 Å². The monoisotopic (exact) mass is 316 g/mol. The number of hydrogen-bond donors (Lipinski definition) is 2. The summed E-state index contributed by atoms with van der Waals surface area (Å²) in [5, 5.41) is 12.0. The maximum atomic E-state index is 12.4. The van der Waals surface area contributed by atoms with Crippen molar-refractivity contribution in [3.05, 3.63) is 0 Å². The Balaban J connectivity index is 1.92. The van der Waals surface area contributed by atoms with E-state index in [9.17, 15) is 9.59 Å². The molecule has 2 N–H and O–H groups in total. The SMILES string of the molecule is CC1(C)CC(NC(=O)N2CCSCC2CC(=O)O)CCO1. The summed E-state index contributed by atoms with van der Waals surface area (Å²) in [6.07, 6.45) is 1.60. The van der Waals surface area contributed by atoms with Crippen LogP contribution in [0.5, 0.6) is 0 Å². The van der Waals surface area contributed by atoms with E-state index in [-0.39, 0.29) is 30.1 Å². The van der Waals surface area contributed by atoms with Crippen molar-refractivity contribution in [2.75, 3.05) is 24.7 Å². The largest absolute Gasteiger partial charge is 0.481 e. The number of urea groups is 1. The molecule has 2 atom stereocenters. The van der Waals surface area contributed by atoms with Crippen molar-refractivity contribution >= 4 is 23.8 Å². The fraction of sp³-hybridized carbons (Fsp3) is 0.857. The Morgan fingerprint density at radius 1 is 1.48 bits per heavy atom. The first-order chi connectivity index (χ1) is 9.87. The Hall–Kier alpha value is -0.950. The van der Waals surface area contributed by atoms with Crippen molar-refractivity contribution in [1.82, 2.24) is 10.2 Å². The predicted octanol–water partition coefficient (Wildman–Crippen LogP) is 1.55. The van der Waals surface area contributed by atoms with Crippen LogP contribution in [0.3, 0.4) is 0 Å². The molecule has 0 saturated carbocycles. The zero-order chi connectivity index (χ0) is 15.5. The average molecular weight is 316 g/mol. The van der Waals surface area contributed by atoms with Gasteiger partial charge < -0.3 is 20.1 Å². The lowest BCUT2D eigenvalue weighted by molar-refractivity contribution is -0.138. The normalized spacial score (nSPS) is 29.0. The molecule has 2 unspecified atom stereocenters. The molecule has 2 heterocycles. The van der Waals surface area contributed by atoms with Gasteiger partial charge in [-0.2, -0.15) is 11.8 Å². The summed E-state index contributed by atoms with van der Waals surface area (Å²) < 4.78 is 5.65. The Morgan fingerprint density at radius 2 is 2.24 bits per heavy atom. The van der Waals surface area contributed by atoms with E-state index in [1.54, 1.807) is 16.7 Å². The van der Waals surface area contributed by atoms with E-state index in [0.717, 1.165) is 18.6 Å². The lowest BCUT2D eigenvalue weighted by Gasteiger charge is -2.39. The molecule has 120 valence electrons. The number of carbonyl (C=O) groups excluding carboxylic acids is 1. The molecule has 7 heteroatoms. The lowest BCUT2D eigenvalue weighted by atomic mass is 9.94. The van der Waals surface area contributed by atoms with Crippen molar-refractivity contribution in [1.29, 1.82) is 0 Å². The minimum Gasteiger partial charge on any atom is -0.481 e. The van der Waals surface area contributed by atoms with Gasteiger partial charge in [0.15, 0.2) is 0 Å². The van der Waals surface area contributed by atoms with Crippen LogP contribution in [0.4, 0.5) is 4.79 Å². The highest BCUT2D eigenvalue weighted by Gasteiger charge is 2.33. The molecule has 0 bridgehead atoms. The van der Waals surface area contributed by atoms with E-state index in [1.165, 1.54) is 0 Å². The summed E-state index contributed by atoms with van der Waals surface area (Å²) in [6, 6.07) is -0.250. The van der Waals surface area contributed by atoms with E-state index >= 15 is 0 Å². The van der Waals surface area contributed by atoms with E-state index in [4.69, 9.17) is 9.84 Å². The third kappa shape index (κ3) is 4.78. The van der Waals surface area contributed by atoms with Gasteiger partial charge in [0.25, 0.3) is 0 Å². The van der Waals surface area contributed by atoms with Gasteiger partial charge in [0, 0.05) is 30.7 Å². The summed E-state index contributed by atoms with van der Waals surface area (Å²) in [5.74, 6) is 0.703. The number of thioether (sulfide) groups is 1. The molecule has 2 amide bonds. The second-order valence-electron chi connectivity index (χ2n) is 6.27. The van der Waals surface area contributed by atoms with Gasteiger partial charge in [0.05, 0.1) is 18.1 Å². The van der Waals surface area contributed by atoms with Gasteiger partial charge in [-0.15, -0.1) is 0 Å². The summed E-state index contributed by atoms with van der Waals surface area (Å²) in [5.41, 5.74) is -0.214. The zero-order valence-corrected chi connectivity index (χ0v) is 13.4. The van der Waals surface area contributed by atoms with Gasteiger partial charge in [-0.1, -0.05) is 0 Å². The number of rotatable bonds is 3. The van der Waals surface area contributed by atoms with Crippen molar-refractivity contribution in [2.24, 2.45) is 0 Å². The van der Waals surface area contributed by atoms with Crippen molar-refractivity contribution in [3.63, 3.8) is 0 Å². The molecule has 0 radical (unpaired) electrons. The Morgan fingerprint density at radius 3 is 2.90 bits per heavy atom. The third-order valence-corrected chi connectivity index (χ3v) is 5.02. The van der Waals surface area contributed by atoms with E-state index < -0.39 is 5.97 Å². The van der Waals surface area contributed by atoms with E-state index in [2.05, 4.69) is 5.32 Å². The number of ether oxygens (including phenoxy) is 1. The molecule has 0 aromatic rings. The lowest BCUT2D eigenvalue weighted by Crippen LogP contribution is -2.55. The second kappa shape index (κ2) is 6.87. The molecule has 0 aromatic carbocycles. The van der Waals surface area contributed by atoms with Gasteiger partial charge in [-0.25, -0.2) is 4.79 Å². The van der Waals surface area contributed by atoms with Gasteiger partial charge in [0.2, 0.25) is 0 Å². The van der Waals surface area contributed by atoms with Crippen molar-refractivity contribution < 1.29 is 19.4 Å². The summed E-state index contributed by atoms with van der Waals surface area (Å²) in [4.78, 5) is 25.1. The molecular formula is C14H24N2O4S. The Bertz CT molecular complexity index is 402. The summed E-state index contributed by atoms with van der Waals surface area (Å²) in [7, 11) is 0. The molecule has 21 heavy (non-hydrogen) atoms. The number of hydrogen-bond acceptors (Lipinski definition) is 4. The molecule has 0 spiro atoms. The molecule has 6 nitrogen and oxygen atoms in total. The van der Waals surface area contributed by atoms with E-state index in [1.807, 2.05) is 13.8 Å². The first-order valence-corrected chi connectivity index (χ1v) is 8.53. The minimum atomic E-state index is -0.854. The van der Waals surface area contributed by atoms with Gasteiger partial charge in [-0.3, -0.25) is 4.79 Å². The van der Waals surface area contributed by atoms with Gasteiger partial charge >= 0.3 is 12.0 Å². The fourth-order valence-corrected chi connectivity index (χ4v) is 3.97. The number of amides is 2. The van der Waals surface area contributed by atoms with Crippen LogP contribution in [-0.2, 0) is 9.53 Å². The smallest absolute Gasteiger partial charge is 0.317 e. The van der Waals surface area contributed by atoms with Crippen LogP contribution < -0.4 is 5.32 Å². The highest BCUT2D eigenvalue weighted by atomic mass is 32.2. The van der Waals surface area contributed by atoms with Crippen LogP contribution in [-0.4, -0.2) is 64.3 Å². The van der Waals surface area contributed by atoms with Crippen LogP contribution in [0.15, 0.2) is 0 Å². The highest BCUT2D eigenvalue weighted by Crippen LogP contribution is 2.25. The van der Waals surface area contributed by atoms with Crippen molar-refractivity contribution in [3.8, 4) is 0 Å². The average Bonchev–Trinajstić information content (AvgIpc) is 2.37. The number of nitrogens with zero attached hydrogens (tertiary/aromatic N) is 1. The molecule has 2 aliphatic rings. The highest BCUT2D eigenvalue weighted by molar-refractivity contribution is 7.99. The molecule has 2 aliphatic heterocycles. The number of aliphatic carboxylic acids is 1. The fourth-order valence-electron chi connectivity index (χ4n) is 2.91. The summed E-state index contributed by atoms with van der Waals surface area (Å²) in [6.45, 7) is 5.31. The first kappa shape index (κ1) is 16.4. The first-order valence-electron chi connectivity index (χ1n) is 7.38. The van der Waals surface area contributed by atoms with Crippen LogP contribution in [0.1, 0.15) is 33.1 Å².